The van der Waals surface area contributed by atoms with Gasteiger partial charge in [0.25, 0.3) is 5.56 Å². The molecule has 0 unspecified atom stereocenters. The molecule has 0 saturated heterocycles. The summed E-state index contributed by atoms with van der Waals surface area (Å²) in [5.41, 5.74) is 5.99. The number of thioether (sulfide) groups is 1. The monoisotopic (exact) mass is 410 g/mol. The fourth-order valence-electron chi connectivity index (χ4n) is 2.73. The average molecular weight is 410 g/mol. The number of aromatic nitrogens is 6. The Bertz CT molecular complexity index is 1280. The van der Waals surface area contributed by atoms with Gasteiger partial charge in [0, 0.05) is 31.0 Å². The van der Waals surface area contributed by atoms with Gasteiger partial charge in [-0.05, 0) is 12.1 Å². The molecule has 12 heteroatoms. The molecule has 1 amide bonds. The van der Waals surface area contributed by atoms with Crippen molar-refractivity contribution in [3.63, 3.8) is 0 Å². The van der Waals surface area contributed by atoms with Crippen LogP contribution in [0, 0.1) is 11.3 Å². The van der Waals surface area contributed by atoms with Gasteiger partial charge < -0.3 is 10.2 Å². The van der Waals surface area contributed by atoms with Crippen LogP contribution in [0.25, 0.3) is 17.2 Å². The Morgan fingerprint density at radius 1 is 1.41 bits per heavy atom. The van der Waals surface area contributed by atoms with Crippen molar-refractivity contribution in [3.8, 4) is 17.7 Å². The Labute approximate surface area is 167 Å². The van der Waals surface area contributed by atoms with Gasteiger partial charge in [-0.2, -0.15) is 5.26 Å². The number of aromatic amines is 1. The van der Waals surface area contributed by atoms with E-state index in [0.29, 0.717) is 28.2 Å². The van der Waals surface area contributed by atoms with E-state index in [2.05, 4.69) is 20.3 Å². The molecule has 4 heterocycles. The Morgan fingerprint density at radius 3 is 3.00 bits per heavy atom. The van der Waals surface area contributed by atoms with Crippen molar-refractivity contribution in [2.45, 2.75) is 23.9 Å². The Hall–Kier alpha value is -3.85. The van der Waals surface area contributed by atoms with E-state index in [-0.39, 0.29) is 29.7 Å². The smallest absolute Gasteiger partial charge is 0.272 e. The number of nitrogens with two attached hydrogens (primary N) is 1. The zero-order chi connectivity index (χ0) is 20.4. The number of carbonyl (C=O) groups excluding carboxylic acids is 1. The number of nitrogens with zero attached hydrogens (tertiary/aromatic N) is 6. The molecular weight excluding hydrogens is 396 g/mol. The summed E-state index contributed by atoms with van der Waals surface area (Å²) in [7, 11) is 0. The average Bonchev–Trinajstić information content (AvgIpc) is 3.43. The minimum Gasteiger partial charge on any atom is -0.461 e. The Balaban J connectivity index is 1.63. The summed E-state index contributed by atoms with van der Waals surface area (Å²) in [6, 6.07) is 6.85. The quantitative estimate of drug-likeness (QED) is 0.425. The molecule has 29 heavy (non-hydrogen) atoms. The lowest BCUT2D eigenvalue weighted by molar-refractivity contribution is -0.118. The molecule has 4 rings (SSSR count). The number of furan rings is 1. The van der Waals surface area contributed by atoms with Gasteiger partial charge in [-0.25, -0.2) is 9.50 Å². The molecule has 0 aliphatic rings. The van der Waals surface area contributed by atoms with Crippen LogP contribution in [-0.4, -0.2) is 35.3 Å². The lowest BCUT2D eigenvalue weighted by Gasteiger charge is -2.07. The minimum absolute atomic E-state index is 0.111. The van der Waals surface area contributed by atoms with Crippen molar-refractivity contribution in [1.82, 2.24) is 29.4 Å². The first-order valence-corrected chi connectivity index (χ1v) is 9.43. The lowest BCUT2D eigenvalue weighted by atomic mass is 10.3. The molecule has 11 nitrogen and oxygen atoms in total. The molecule has 0 atom stereocenters. The third kappa shape index (κ3) is 3.63. The zero-order valence-electron chi connectivity index (χ0n) is 14.9. The van der Waals surface area contributed by atoms with Gasteiger partial charge in [-0.1, -0.05) is 11.8 Å². The number of nitriles is 1. The molecule has 4 aromatic heterocycles. The molecule has 0 bridgehead atoms. The molecular formula is C17H14N8O3S. The first kappa shape index (κ1) is 18.5. The largest absolute Gasteiger partial charge is 0.461 e. The topological polar surface area (TPSA) is 161 Å². The normalized spacial score (nSPS) is 11.0. The van der Waals surface area contributed by atoms with Crippen molar-refractivity contribution in [2.75, 3.05) is 0 Å². The van der Waals surface area contributed by atoms with Crippen molar-refractivity contribution >= 4 is 23.3 Å². The molecule has 3 N–H and O–H groups in total. The molecule has 0 fully saturated rings. The third-order valence-electron chi connectivity index (χ3n) is 4.06. The van der Waals surface area contributed by atoms with Crippen molar-refractivity contribution in [1.29, 1.82) is 5.26 Å². The molecule has 0 aromatic carbocycles. The number of rotatable bonds is 7. The summed E-state index contributed by atoms with van der Waals surface area (Å²) in [5.74, 6) is 0.850. The molecule has 0 radical (unpaired) electrons. The zero-order valence-corrected chi connectivity index (χ0v) is 15.7. The van der Waals surface area contributed by atoms with Crippen molar-refractivity contribution in [2.24, 2.45) is 5.73 Å². The van der Waals surface area contributed by atoms with Gasteiger partial charge in [0.05, 0.1) is 12.0 Å². The summed E-state index contributed by atoms with van der Waals surface area (Å²) >= 11 is 1.30. The SMILES string of the molecule is N#Cc1c[nH]n2c(=O)cc(CSc3nnc(-c4ccco4)n3CCC(N)=O)nc12. The molecule has 0 saturated carbocycles. The number of fused-ring (bicyclic) bond motifs is 1. The van der Waals surface area contributed by atoms with Gasteiger partial charge in [0.15, 0.2) is 22.4 Å². The summed E-state index contributed by atoms with van der Waals surface area (Å²) in [6.45, 7) is 0.284. The van der Waals surface area contributed by atoms with Crippen molar-refractivity contribution < 1.29 is 9.21 Å². The van der Waals surface area contributed by atoms with Crippen molar-refractivity contribution in [3.05, 3.63) is 52.3 Å². The maximum Gasteiger partial charge on any atom is 0.272 e. The maximum absolute atomic E-state index is 12.2. The second-order valence-electron chi connectivity index (χ2n) is 5.98. The molecule has 0 spiro atoms. The highest BCUT2D eigenvalue weighted by atomic mass is 32.2. The van der Waals surface area contributed by atoms with E-state index in [1.165, 1.54) is 34.8 Å². The second-order valence-corrected chi connectivity index (χ2v) is 6.93. The van der Waals surface area contributed by atoms with E-state index in [9.17, 15) is 9.59 Å². The first-order chi connectivity index (χ1) is 14.1. The number of amides is 1. The summed E-state index contributed by atoms with van der Waals surface area (Å²) < 4.78 is 8.32. The van der Waals surface area contributed by atoms with Crippen LogP contribution in [0.1, 0.15) is 17.7 Å². The predicted octanol–water partition coefficient (Wildman–Crippen LogP) is 0.913. The number of carbonyl (C=O) groups is 1. The fourth-order valence-corrected chi connectivity index (χ4v) is 3.59. The molecule has 0 aliphatic heterocycles. The molecule has 4 aromatic rings. The minimum atomic E-state index is -0.448. The van der Waals surface area contributed by atoms with Gasteiger partial charge in [0.2, 0.25) is 5.91 Å². The Morgan fingerprint density at radius 2 is 2.28 bits per heavy atom. The van der Waals surface area contributed by atoms with Crippen LogP contribution < -0.4 is 11.3 Å². The second kappa shape index (κ2) is 7.64. The van der Waals surface area contributed by atoms with E-state index < -0.39 is 5.91 Å². The van der Waals surface area contributed by atoms with Gasteiger partial charge in [0.1, 0.15) is 11.6 Å². The number of hydrogen-bond donors (Lipinski definition) is 2. The highest BCUT2D eigenvalue weighted by molar-refractivity contribution is 7.98. The van der Waals surface area contributed by atoms with Gasteiger partial charge in [-0.3, -0.25) is 19.3 Å². The highest BCUT2D eigenvalue weighted by Crippen LogP contribution is 2.26. The lowest BCUT2D eigenvalue weighted by Crippen LogP contribution is -2.16. The van der Waals surface area contributed by atoms with Crippen LogP contribution in [-0.2, 0) is 17.1 Å². The van der Waals surface area contributed by atoms with Crippen LogP contribution in [0.3, 0.4) is 0 Å². The summed E-state index contributed by atoms with van der Waals surface area (Å²) in [6.07, 6.45) is 3.06. The van der Waals surface area contributed by atoms with Gasteiger partial charge >= 0.3 is 0 Å². The number of primary amides is 1. The van der Waals surface area contributed by atoms with Crippen LogP contribution >= 0.6 is 11.8 Å². The van der Waals surface area contributed by atoms with E-state index in [4.69, 9.17) is 15.4 Å². The number of nitrogens with one attached hydrogen (secondary N) is 1. The van der Waals surface area contributed by atoms with Crippen LogP contribution in [0.2, 0.25) is 0 Å². The third-order valence-corrected chi connectivity index (χ3v) is 5.06. The summed E-state index contributed by atoms with van der Waals surface area (Å²) in [5, 5.41) is 20.7. The van der Waals surface area contributed by atoms with E-state index in [1.807, 2.05) is 6.07 Å². The Kier molecular flexibility index (Phi) is 4.88. The highest BCUT2D eigenvalue weighted by Gasteiger charge is 2.18. The van der Waals surface area contributed by atoms with Crippen LogP contribution in [0.4, 0.5) is 0 Å². The summed E-state index contributed by atoms with van der Waals surface area (Å²) in [4.78, 5) is 27.8. The van der Waals surface area contributed by atoms with Gasteiger partial charge in [-0.15, -0.1) is 10.2 Å². The standard InChI is InChI=1S/C17H14N8O3S/c18-7-10-8-20-25-14(27)6-11(21-15(10)25)9-29-17-23-22-16(12-2-1-5-28-12)24(17)4-3-13(19)26/h1-2,5-6,8,20H,3-4,9H2,(H2,19,26). The number of hydrogen-bond acceptors (Lipinski definition) is 8. The number of H-pyrrole nitrogens is 1. The van der Waals surface area contributed by atoms with E-state index in [1.54, 1.807) is 16.7 Å². The van der Waals surface area contributed by atoms with Crippen LogP contribution in [0.15, 0.2) is 45.0 Å². The first-order valence-electron chi connectivity index (χ1n) is 8.45. The molecule has 0 aliphatic carbocycles. The van der Waals surface area contributed by atoms with E-state index >= 15 is 0 Å². The fraction of sp³-hybridized carbons (Fsp3) is 0.176. The van der Waals surface area contributed by atoms with E-state index in [0.717, 1.165) is 0 Å². The predicted molar refractivity (Wildman–Crippen MR) is 102 cm³/mol. The molecule has 146 valence electrons. The van der Waals surface area contributed by atoms with Crippen LogP contribution in [0.5, 0.6) is 0 Å². The maximum atomic E-state index is 12.2.